The summed E-state index contributed by atoms with van der Waals surface area (Å²) in [6.45, 7) is 0.331. The lowest BCUT2D eigenvalue weighted by Crippen LogP contribution is -2.26. The largest absolute Gasteiger partial charge is 0.469 e. The van der Waals surface area contributed by atoms with Crippen LogP contribution >= 0.6 is 15.9 Å². The molecule has 5 nitrogen and oxygen atoms in total. The van der Waals surface area contributed by atoms with E-state index in [1.165, 1.54) is 11.8 Å². The van der Waals surface area contributed by atoms with E-state index in [4.69, 9.17) is 4.74 Å². The van der Waals surface area contributed by atoms with Crippen molar-refractivity contribution in [2.24, 2.45) is 0 Å². The topological polar surface area (TPSA) is 61.2 Å². The SMILES string of the molecule is COC(=O)Cc1nn(Cc2cccc(Br)c2)c(=O)c2ccccc12. The maximum atomic E-state index is 12.7. The highest BCUT2D eigenvalue weighted by Crippen LogP contribution is 2.16. The number of carbonyl (C=O) groups is 1. The highest BCUT2D eigenvalue weighted by Gasteiger charge is 2.14. The molecule has 1 heterocycles. The number of nitrogens with zero attached hydrogens (tertiary/aromatic N) is 2. The minimum atomic E-state index is -0.389. The normalized spacial score (nSPS) is 10.8. The minimum Gasteiger partial charge on any atom is -0.469 e. The molecule has 0 atom stereocenters. The molecule has 3 rings (SSSR count). The Hall–Kier alpha value is -2.47. The summed E-state index contributed by atoms with van der Waals surface area (Å²) in [6, 6.07) is 14.8. The quantitative estimate of drug-likeness (QED) is 0.646. The van der Waals surface area contributed by atoms with E-state index in [1.807, 2.05) is 30.3 Å². The molecule has 2 aromatic carbocycles. The predicted molar refractivity (Wildman–Crippen MR) is 95.0 cm³/mol. The van der Waals surface area contributed by atoms with E-state index in [9.17, 15) is 9.59 Å². The van der Waals surface area contributed by atoms with Crippen LogP contribution in [0.25, 0.3) is 10.8 Å². The molecule has 0 unspecified atom stereocenters. The number of fused-ring (bicyclic) bond motifs is 1. The van der Waals surface area contributed by atoms with Gasteiger partial charge in [0.05, 0.1) is 31.2 Å². The van der Waals surface area contributed by atoms with E-state index in [2.05, 4.69) is 21.0 Å². The molecular formula is C18H15BrN2O3. The van der Waals surface area contributed by atoms with Crippen molar-refractivity contribution < 1.29 is 9.53 Å². The molecule has 0 fully saturated rings. The second kappa shape index (κ2) is 6.97. The zero-order valence-corrected chi connectivity index (χ0v) is 14.6. The van der Waals surface area contributed by atoms with Gasteiger partial charge in [0, 0.05) is 9.86 Å². The monoisotopic (exact) mass is 386 g/mol. The van der Waals surface area contributed by atoms with E-state index in [-0.39, 0.29) is 17.9 Å². The Morgan fingerprint density at radius 1 is 1.17 bits per heavy atom. The van der Waals surface area contributed by atoms with Gasteiger partial charge in [-0.25, -0.2) is 4.68 Å². The number of carbonyl (C=O) groups excluding carboxylic acids is 1. The maximum Gasteiger partial charge on any atom is 0.311 e. The van der Waals surface area contributed by atoms with Gasteiger partial charge in [-0.15, -0.1) is 0 Å². The van der Waals surface area contributed by atoms with Crippen LogP contribution in [0.1, 0.15) is 11.3 Å². The molecule has 24 heavy (non-hydrogen) atoms. The van der Waals surface area contributed by atoms with Crippen LogP contribution in [0.4, 0.5) is 0 Å². The summed E-state index contributed by atoms with van der Waals surface area (Å²) in [5.41, 5.74) is 1.30. The third kappa shape index (κ3) is 3.38. The van der Waals surface area contributed by atoms with E-state index < -0.39 is 0 Å². The van der Waals surface area contributed by atoms with Crippen molar-refractivity contribution in [3.05, 3.63) is 74.6 Å². The van der Waals surface area contributed by atoms with Gasteiger partial charge in [-0.2, -0.15) is 5.10 Å². The maximum absolute atomic E-state index is 12.7. The van der Waals surface area contributed by atoms with E-state index in [0.29, 0.717) is 23.0 Å². The molecule has 6 heteroatoms. The number of halogens is 1. The first-order valence-corrected chi connectivity index (χ1v) is 8.18. The summed E-state index contributed by atoms with van der Waals surface area (Å²) in [6.07, 6.45) is 0.0236. The second-order valence-electron chi connectivity index (χ2n) is 5.34. The van der Waals surface area contributed by atoms with Crippen molar-refractivity contribution >= 4 is 32.7 Å². The zero-order valence-electron chi connectivity index (χ0n) is 13.0. The Bertz CT molecular complexity index is 966. The Labute approximate surface area is 147 Å². The van der Waals surface area contributed by atoms with Crippen LogP contribution in [-0.2, 0) is 22.5 Å². The van der Waals surface area contributed by atoms with Gasteiger partial charge < -0.3 is 4.74 Å². The van der Waals surface area contributed by atoms with Crippen LogP contribution in [0.3, 0.4) is 0 Å². The Balaban J connectivity index is 2.12. The van der Waals surface area contributed by atoms with E-state index in [0.717, 1.165) is 10.0 Å². The van der Waals surface area contributed by atoms with Gasteiger partial charge in [-0.1, -0.05) is 46.3 Å². The molecule has 0 aliphatic rings. The third-order valence-corrected chi connectivity index (χ3v) is 4.20. The molecule has 122 valence electrons. The lowest BCUT2D eigenvalue weighted by Gasteiger charge is -2.11. The number of aromatic nitrogens is 2. The molecule has 0 saturated carbocycles. The van der Waals surface area contributed by atoms with Crippen LogP contribution in [0, 0.1) is 0 Å². The van der Waals surface area contributed by atoms with Gasteiger partial charge in [0.15, 0.2) is 0 Å². The Kier molecular flexibility index (Phi) is 4.76. The summed E-state index contributed by atoms with van der Waals surface area (Å²) in [5.74, 6) is -0.389. The average molecular weight is 387 g/mol. The van der Waals surface area contributed by atoms with Gasteiger partial charge in [0.25, 0.3) is 5.56 Å². The molecule has 0 aliphatic carbocycles. The number of esters is 1. The lowest BCUT2D eigenvalue weighted by atomic mass is 10.1. The van der Waals surface area contributed by atoms with E-state index in [1.54, 1.807) is 18.2 Å². The molecule has 0 spiro atoms. The van der Waals surface area contributed by atoms with Crippen molar-refractivity contribution in [1.82, 2.24) is 9.78 Å². The summed E-state index contributed by atoms with van der Waals surface area (Å²) in [5, 5.41) is 5.62. The number of methoxy groups -OCH3 is 1. The number of benzene rings is 2. The molecule has 0 bridgehead atoms. The lowest BCUT2D eigenvalue weighted by molar-refractivity contribution is -0.139. The van der Waals surface area contributed by atoms with Gasteiger partial charge in [0.1, 0.15) is 0 Å². The molecule has 3 aromatic rings. The van der Waals surface area contributed by atoms with Crippen LogP contribution in [0.15, 0.2) is 57.8 Å². The molecule has 0 aliphatic heterocycles. The van der Waals surface area contributed by atoms with Gasteiger partial charge in [-0.3, -0.25) is 9.59 Å². The summed E-state index contributed by atoms with van der Waals surface area (Å²) in [7, 11) is 1.34. The van der Waals surface area contributed by atoms with E-state index >= 15 is 0 Å². The Morgan fingerprint density at radius 3 is 2.62 bits per heavy atom. The highest BCUT2D eigenvalue weighted by molar-refractivity contribution is 9.10. The molecule has 1 aromatic heterocycles. The molecule has 0 amide bonds. The third-order valence-electron chi connectivity index (χ3n) is 3.71. The number of rotatable bonds is 4. The molecule has 0 radical (unpaired) electrons. The smallest absolute Gasteiger partial charge is 0.311 e. The summed E-state index contributed by atoms with van der Waals surface area (Å²) < 4.78 is 7.06. The van der Waals surface area contributed by atoms with Crippen LogP contribution in [0.5, 0.6) is 0 Å². The van der Waals surface area contributed by atoms with Gasteiger partial charge in [0.2, 0.25) is 0 Å². The average Bonchev–Trinajstić information content (AvgIpc) is 2.59. The summed E-state index contributed by atoms with van der Waals surface area (Å²) >= 11 is 3.42. The van der Waals surface area contributed by atoms with Crippen LogP contribution in [-0.4, -0.2) is 22.9 Å². The van der Waals surface area contributed by atoms with Crippen molar-refractivity contribution in [3.8, 4) is 0 Å². The van der Waals surface area contributed by atoms with Crippen molar-refractivity contribution in [3.63, 3.8) is 0 Å². The highest BCUT2D eigenvalue weighted by atomic mass is 79.9. The van der Waals surface area contributed by atoms with Crippen molar-refractivity contribution in [1.29, 1.82) is 0 Å². The van der Waals surface area contributed by atoms with Crippen molar-refractivity contribution in [2.45, 2.75) is 13.0 Å². The standard InChI is InChI=1S/C18H15BrN2O3/c1-24-17(22)10-16-14-7-2-3-8-15(14)18(23)21(20-16)11-12-5-4-6-13(19)9-12/h2-9H,10-11H2,1H3. The van der Waals surface area contributed by atoms with Crippen LogP contribution < -0.4 is 5.56 Å². The first kappa shape index (κ1) is 16.4. The zero-order chi connectivity index (χ0) is 17.1. The number of hydrogen-bond donors (Lipinski definition) is 0. The number of hydrogen-bond acceptors (Lipinski definition) is 4. The molecular weight excluding hydrogens is 372 g/mol. The molecule has 0 saturated heterocycles. The van der Waals surface area contributed by atoms with Gasteiger partial charge in [-0.05, 0) is 23.8 Å². The second-order valence-corrected chi connectivity index (χ2v) is 6.25. The Morgan fingerprint density at radius 2 is 1.92 bits per heavy atom. The fourth-order valence-electron chi connectivity index (χ4n) is 2.56. The fourth-order valence-corrected chi connectivity index (χ4v) is 3.01. The first-order chi connectivity index (χ1) is 11.6. The molecule has 0 N–H and O–H groups in total. The predicted octanol–water partition coefficient (Wildman–Crippen LogP) is 2.92. The first-order valence-electron chi connectivity index (χ1n) is 7.38. The van der Waals surface area contributed by atoms with Crippen molar-refractivity contribution in [2.75, 3.05) is 7.11 Å². The van der Waals surface area contributed by atoms with Gasteiger partial charge >= 0.3 is 5.97 Å². The summed E-state index contributed by atoms with van der Waals surface area (Å²) in [4.78, 5) is 24.4. The number of ether oxygens (including phenoxy) is 1. The van der Waals surface area contributed by atoms with Crippen LogP contribution in [0.2, 0.25) is 0 Å². The fraction of sp³-hybridized carbons (Fsp3) is 0.167. The minimum absolute atomic E-state index is 0.0236.